The molecule has 2 nitrogen and oxygen atoms in total. The van der Waals surface area contributed by atoms with Crippen LogP contribution in [0.4, 0.5) is 0 Å². The Labute approximate surface area is 156 Å². The Morgan fingerprint density at radius 3 is 2.50 bits per heavy atom. The fraction of sp³-hybridized carbons (Fsp3) is 0.292. The molecule has 0 fully saturated rings. The summed E-state index contributed by atoms with van der Waals surface area (Å²) in [5.41, 5.74) is 4.98. The molecule has 0 aromatic heterocycles. The first-order chi connectivity index (χ1) is 12.6. The maximum Gasteiger partial charge on any atom is 0.220 e. The van der Waals surface area contributed by atoms with Crippen LogP contribution in [0.1, 0.15) is 48.1 Å². The first-order valence-corrected chi connectivity index (χ1v) is 9.41. The number of aryl methyl sites for hydroxylation is 3. The summed E-state index contributed by atoms with van der Waals surface area (Å²) in [6, 6.07) is 21.2. The van der Waals surface area contributed by atoms with Crippen LogP contribution in [0.25, 0.3) is 10.8 Å². The predicted molar refractivity (Wildman–Crippen MR) is 109 cm³/mol. The monoisotopic (exact) mass is 345 g/mol. The third kappa shape index (κ3) is 4.13. The SMILES string of the molecule is CCC(NC(=O)CCc1cccc2ccccc12)c1ccc(C)c(C)c1. The highest BCUT2D eigenvalue weighted by Gasteiger charge is 2.13. The number of hydrogen-bond donors (Lipinski definition) is 1. The lowest BCUT2D eigenvalue weighted by Gasteiger charge is -2.19. The van der Waals surface area contributed by atoms with Gasteiger partial charge < -0.3 is 5.32 Å². The molecule has 26 heavy (non-hydrogen) atoms. The van der Waals surface area contributed by atoms with Crippen LogP contribution < -0.4 is 5.32 Å². The number of amides is 1. The van der Waals surface area contributed by atoms with Gasteiger partial charge in [-0.2, -0.15) is 0 Å². The summed E-state index contributed by atoms with van der Waals surface area (Å²) in [6.45, 7) is 6.35. The van der Waals surface area contributed by atoms with Gasteiger partial charge in [-0.3, -0.25) is 4.79 Å². The highest BCUT2D eigenvalue weighted by Crippen LogP contribution is 2.22. The van der Waals surface area contributed by atoms with Crippen LogP contribution in [-0.4, -0.2) is 5.91 Å². The van der Waals surface area contributed by atoms with Crippen molar-refractivity contribution in [3.8, 4) is 0 Å². The lowest BCUT2D eigenvalue weighted by molar-refractivity contribution is -0.121. The zero-order chi connectivity index (χ0) is 18.5. The van der Waals surface area contributed by atoms with Crippen molar-refractivity contribution in [1.82, 2.24) is 5.32 Å². The van der Waals surface area contributed by atoms with Crippen molar-refractivity contribution in [3.05, 3.63) is 82.9 Å². The van der Waals surface area contributed by atoms with E-state index in [1.807, 2.05) is 6.07 Å². The summed E-state index contributed by atoms with van der Waals surface area (Å²) < 4.78 is 0. The summed E-state index contributed by atoms with van der Waals surface area (Å²) in [5.74, 6) is 0.114. The molecule has 0 radical (unpaired) electrons. The molecular formula is C24H27NO. The largest absolute Gasteiger partial charge is 0.349 e. The van der Waals surface area contributed by atoms with Gasteiger partial charge in [0.25, 0.3) is 0 Å². The van der Waals surface area contributed by atoms with Gasteiger partial charge in [0.05, 0.1) is 6.04 Å². The Bertz CT molecular complexity index is 908. The fourth-order valence-electron chi connectivity index (χ4n) is 3.43. The van der Waals surface area contributed by atoms with Crippen LogP contribution in [0.15, 0.2) is 60.7 Å². The molecule has 3 aromatic carbocycles. The van der Waals surface area contributed by atoms with Gasteiger partial charge in [0.15, 0.2) is 0 Å². The minimum Gasteiger partial charge on any atom is -0.349 e. The number of rotatable bonds is 6. The third-order valence-electron chi connectivity index (χ3n) is 5.18. The molecule has 1 N–H and O–H groups in total. The molecule has 0 saturated heterocycles. The van der Waals surface area contributed by atoms with E-state index in [1.165, 1.54) is 33.0 Å². The summed E-state index contributed by atoms with van der Waals surface area (Å²) in [5, 5.41) is 5.68. The highest BCUT2D eigenvalue weighted by molar-refractivity contribution is 5.86. The van der Waals surface area contributed by atoms with Gasteiger partial charge >= 0.3 is 0 Å². The van der Waals surface area contributed by atoms with Crippen LogP contribution in [0, 0.1) is 13.8 Å². The molecule has 0 aliphatic rings. The van der Waals surface area contributed by atoms with E-state index in [2.05, 4.69) is 80.7 Å². The summed E-state index contributed by atoms with van der Waals surface area (Å²) >= 11 is 0. The maximum absolute atomic E-state index is 12.5. The first-order valence-electron chi connectivity index (χ1n) is 9.41. The second-order valence-electron chi connectivity index (χ2n) is 7.01. The van der Waals surface area contributed by atoms with Gasteiger partial charge in [-0.15, -0.1) is 0 Å². The third-order valence-corrected chi connectivity index (χ3v) is 5.18. The van der Waals surface area contributed by atoms with Gasteiger partial charge in [0.2, 0.25) is 5.91 Å². The fourth-order valence-corrected chi connectivity index (χ4v) is 3.43. The number of carbonyl (C=O) groups excluding carboxylic acids is 1. The summed E-state index contributed by atoms with van der Waals surface area (Å²) in [4.78, 5) is 12.5. The lowest BCUT2D eigenvalue weighted by Crippen LogP contribution is -2.28. The molecule has 1 amide bonds. The highest BCUT2D eigenvalue weighted by atomic mass is 16.1. The van der Waals surface area contributed by atoms with E-state index < -0.39 is 0 Å². The van der Waals surface area contributed by atoms with E-state index >= 15 is 0 Å². The van der Waals surface area contributed by atoms with Crippen molar-refractivity contribution in [1.29, 1.82) is 0 Å². The number of hydrogen-bond acceptors (Lipinski definition) is 1. The Kier molecular flexibility index (Phi) is 5.72. The van der Waals surface area contributed by atoms with Gasteiger partial charge in [-0.05, 0) is 59.7 Å². The van der Waals surface area contributed by atoms with Gasteiger partial charge in [-0.1, -0.05) is 67.6 Å². The first kappa shape index (κ1) is 18.2. The summed E-state index contributed by atoms with van der Waals surface area (Å²) in [7, 11) is 0. The minimum absolute atomic E-state index is 0.0781. The number of carbonyl (C=O) groups is 1. The second kappa shape index (κ2) is 8.18. The maximum atomic E-state index is 12.5. The normalized spacial score (nSPS) is 12.1. The quantitative estimate of drug-likeness (QED) is 0.614. The van der Waals surface area contributed by atoms with Gasteiger partial charge in [-0.25, -0.2) is 0 Å². The van der Waals surface area contributed by atoms with Crippen molar-refractivity contribution >= 4 is 16.7 Å². The Balaban J connectivity index is 1.66. The molecule has 3 rings (SSSR count). The molecule has 0 heterocycles. The van der Waals surface area contributed by atoms with E-state index in [0.29, 0.717) is 6.42 Å². The topological polar surface area (TPSA) is 29.1 Å². The van der Waals surface area contributed by atoms with E-state index in [-0.39, 0.29) is 11.9 Å². The van der Waals surface area contributed by atoms with Crippen LogP contribution in [-0.2, 0) is 11.2 Å². The average molecular weight is 345 g/mol. The zero-order valence-corrected chi connectivity index (χ0v) is 15.9. The zero-order valence-electron chi connectivity index (χ0n) is 15.9. The molecule has 0 aliphatic heterocycles. The molecule has 0 saturated carbocycles. The Hall–Kier alpha value is -2.61. The average Bonchev–Trinajstić information content (AvgIpc) is 2.66. The Morgan fingerprint density at radius 1 is 0.962 bits per heavy atom. The molecule has 1 unspecified atom stereocenters. The van der Waals surface area contributed by atoms with Crippen LogP contribution in [0.2, 0.25) is 0 Å². The van der Waals surface area contributed by atoms with E-state index in [9.17, 15) is 4.79 Å². The van der Waals surface area contributed by atoms with E-state index in [0.717, 1.165) is 12.8 Å². The molecule has 134 valence electrons. The number of fused-ring (bicyclic) bond motifs is 1. The van der Waals surface area contributed by atoms with E-state index in [4.69, 9.17) is 0 Å². The van der Waals surface area contributed by atoms with Crippen molar-refractivity contribution in [3.63, 3.8) is 0 Å². The molecule has 0 spiro atoms. The molecule has 0 bridgehead atoms. The molecular weight excluding hydrogens is 318 g/mol. The molecule has 3 aromatic rings. The van der Waals surface area contributed by atoms with Crippen LogP contribution in [0.3, 0.4) is 0 Å². The van der Waals surface area contributed by atoms with Gasteiger partial charge in [0, 0.05) is 6.42 Å². The van der Waals surface area contributed by atoms with Crippen LogP contribution >= 0.6 is 0 Å². The predicted octanol–water partition coefficient (Wildman–Crippen LogP) is 5.66. The van der Waals surface area contributed by atoms with Crippen LogP contribution in [0.5, 0.6) is 0 Å². The second-order valence-corrected chi connectivity index (χ2v) is 7.01. The lowest BCUT2D eigenvalue weighted by atomic mass is 9.98. The minimum atomic E-state index is 0.0781. The molecule has 0 aliphatic carbocycles. The Morgan fingerprint density at radius 2 is 1.73 bits per heavy atom. The smallest absolute Gasteiger partial charge is 0.220 e. The molecule has 2 heteroatoms. The van der Waals surface area contributed by atoms with Crippen molar-refractivity contribution in [2.75, 3.05) is 0 Å². The number of benzene rings is 3. The van der Waals surface area contributed by atoms with Gasteiger partial charge in [0.1, 0.15) is 0 Å². The number of nitrogens with one attached hydrogen (secondary N) is 1. The van der Waals surface area contributed by atoms with E-state index in [1.54, 1.807) is 0 Å². The molecule has 1 atom stereocenters. The van der Waals surface area contributed by atoms with Crippen molar-refractivity contribution < 1.29 is 4.79 Å². The summed E-state index contributed by atoms with van der Waals surface area (Å²) in [6.07, 6.45) is 2.16. The standard InChI is InChI=1S/C24H27NO/c1-4-23(21-13-12-17(2)18(3)16-21)25-24(26)15-14-20-10-7-9-19-8-5-6-11-22(19)20/h5-13,16,23H,4,14-15H2,1-3H3,(H,25,26). The van der Waals surface area contributed by atoms with Crippen molar-refractivity contribution in [2.24, 2.45) is 0 Å². The van der Waals surface area contributed by atoms with Crippen molar-refractivity contribution in [2.45, 2.75) is 46.1 Å².